The summed E-state index contributed by atoms with van der Waals surface area (Å²) in [5.74, 6) is 0.293. The van der Waals surface area contributed by atoms with Gasteiger partial charge in [-0.2, -0.15) is 0 Å². The van der Waals surface area contributed by atoms with E-state index < -0.39 is 0 Å². The van der Waals surface area contributed by atoms with Crippen LogP contribution in [0.2, 0.25) is 0 Å². The smallest absolute Gasteiger partial charge is 0.308 e. The molecule has 21 heavy (non-hydrogen) atoms. The molecule has 1 aromatic rings. The van der Waals surface area contributed by atoms with Crippen LogP contribution in [0.1, 0.15) is 51.5 Å². The highest BCUT2D eigenvalue weighted by Crippen LogP contribution is 2.27. The van der Waals surface area contributed by atoms with Crippen molar-refractivity contribution in [2.24, 2.45) is 0 Å². The van der Waals surface area contributed by atoms with Crippen molar-refractivity contribution in [1.82, 2.24) is 4.90 Å². The molecule has 4 heteroatoms. The lowest BCUT2D eigenvalue weighted by Gasteiger charge is -2.34. The standard InChI is InChI=1S/C17H23NO3/c1-13(19)18(16-9-4-3-5-10-16)12-15-8-6-7-11-17(15)21-14(2)20/h6-8,11,16H,3-5,9-10,12H2,1-2H3. The molecular formula is C17H23NO3. The van der Waals surface area contributed by atoms with Crippen LogP contribution in [0.5, 0.6) is 5.75 Å². The summed E-state index contributed by atoms with van der Waals surface area (Å²) in [6.07, 6.45) is 5.75. The minimum atomic E-state index is -0.338. The van der Waals surface area contributed by atoms with Crippen molar-refractivity contribution >= 4 is 11.9 Å². The van der Waals surface area contributed by atoms with Crippen LogP contribution in [0.4, 0.5) is 0 Å². The Balaban J connectivity index is 2.16. The van der Waals surface area contributed by atoms with Gasteiger partial charge in [0, 0.05) is 32.0 Å². The molecule has 4 nitrogen and oxygen atoms in total. The summed E-state index contributed by atoms with van der Waals surface area (Å²) in [5.41, 5.74) is 0.883. The number of hydrogen-bond acceptors (Lipinski definition) is 3. The van der Waals surface area contributed by atoms with Gasteiger partial charge in [-0.15, -0.1) is 0 Å². The first-order valence-electron chi connectivity index (χ1n) is 7.61. The van der Waals surface area contributed by atoms with Gasteiger partial charge in [0.25, 0.3) is 0 Å². The van der Waals surface area contributed by atoms with E-state index in [1.807, 2.05) is 23.1 Å². The maximum atomic E-state index is 12.0. The van der Waals surface area contributed by atoms with E-state index in [9.17, 15) is 9.59 Å². The van der Waals surface area contributed by atoms with Crippen LogP contribution in [-0.2, 0) is 16.1 Å². The van der Waals surface area contributed by atoms with Gasteiger partial charge in [-0.05, 0) is 18.9 Å². The lowest BCUT2D eigenvalue weighted by atomic mass is 9.93. The predicted molar refractivity (Wildman–Crippen MR) is 80.8 cm³/mol. The maximum absolute atomic E-state index is 12.0. The summed E-state index contributed by atoms with van der Waals surface area (Å²) in [6.45, 7) is 3.51. The van der Waals surface area contributed by atoms with Crippen LogP contribution in [0.25, 0.3) is 0 Å². The average Bonchev–Trinajstić information content (AvgIpc) is 2.46. The van der Waals surface area contributed by atoms with Crippen LogP contribution >= 0.6 is 0 Å². The van der Waals surface area contributed by atoms with Crippen molar-refractivity contribution in [3.63, 3.8) is 0 Å². The van der Waals surface area contributed by atoms with Crippen molar-refractivity contribution in [2.75, 3.05) is 0 Å². The maximum Gasteiger partial charge on any atom is 0.308 e. The SMILES string of the molecule is CC(=O)Oc1ccccc1CN(C(C)=O)C1CCCCC1. The molecule has 0 bridgehead atoms. The van der Waals surface area contributed by atoms with Gasteiger partial charge in [0.05, 0.1) is 0 Å². The van der Waals surface area contributed by atoms with E-state index in [2.05, 4.69) is 0 Å². The van der Waals surface area contributed by atoms with Crippen molar-refractivity contribution in [3.8, 4) is 5.75 Å². The molecule has 1 fully saturated rings. The Morgan fingerprint density at radius 3 is 2.43 bits per heavy atom. The molecule has 1 amide bonds. The summed E-state index contributed by atoms with van der Waals surface area (Å²) >= 11 is 0. The van der Waals surface area contributed by atoms with Crippen LogP contribution in [-0.4, -0.2) is 22.8 Å². The van der Waals surface area contributed by atoms with Gasteiger partial charge < -0.3 is 9.64 Å². The van der Waals surface area contributed by atoms with Crippen molar-refractivity contribution in [1.29, 1.82) is 0 Å². The highest BCUT2D eigenvalue weighted by molar-refractivity contribution is 5.74. The third kappa shape index (κ3) is 4.31. The molecule has 0 saturated heterocycles. The van der Waals surface area contributed by atoms with Gasteiger partial charge >= 0.3 is 5.97 Å². The first-order valence-corrected chi connectivity index (χ1v) is 7.61. The Labute approximate surface area is 126 Å². The molecule has 0 N–H and O–H groups in total. The van der Waals surface area contributed by atoms with E-state index in [1.54, 1.807) is 13.0 Å². The molecule has 2 rings (SSSR count). The largest absolute Gasteiger partial charge is 0.426 e. The third-order valence-electron chi connectivity index (χ3n) is 3.99. The second-order valence-electron chi connectivity index (χ2n) is 5.64. The second kappa shape index (κ2) is 7.25. The average molecular weight is 289 g/mol. The van der Waals surface area contributed by atoms with Gasteiger partial charge in [-0.1, -0.05) is 37.5 Å². The van der Waals surface area contributed by atoms with Crippen molar-refractivity contribution in [2.45, 2.75) is 58.5 Å². The number of nitrogens with zero attached hydrogens (tertiary/aromatic N) is 1. The summed E-state index contributed by atoms with van der Waals surface area (Å²) in [6, 6.07) is 7.73. The zero-order chi connectivity index (χ0) is 15.2. The Bertz CT molecular complexity index is 507. The molecule has 1 aliphatic carbocycles. The lowest BCUT2D eigenvalue weighted by molar-refractivity contribution is -0.132. The number of amides is 1. The fourth-order valence-corrected chi connectivity index (χ4v) is 2.96. The normalized spacial score (nSPS) is 15.5. The number of para-hydroxylation sites is 1. The second-order valence-corrected chi connectivity index (χ2v) is 5.64. The van der Waals surface area contributed by atoms with E-state index in [1.165, 1.54) is 26.2 Å². The molecule has 1 aliphatic rings. The van der Waals surface area contributed by atoms with E-state index in [4.69, 9.17) is 4.74 Å². The van der Waals surface area contributed by atoms with Crippen molar-refractivity contribution < 1.29 is 14.3 Å². The molecule has 0 unspecified atom stereocenters. The molecular weight excluding hydrogens is 266 g/mol. The van der Waals surface area contributed by atoms with E-state index in [0.717, 1.165) is 18.4 Å². The number of rotatable bonds is 4. The van der Waals surface area contributed by atoms with E-state index >= 15 is 0 Å². The number of hydrogen-bond donors (Lipinski definition) is 0. The topological polar surface area (TPSA) is 46.6 Å². The highest BCUT2D eigenvalue weighted by atomic mass is 16.5. The Morgan fingerprint density at radius 1 is 1.14 bits per heavy atom. The minimum absolute atomic E-state index is 0.0829. The predicted octanol–water partition coefficient (Wildman–Crippen LogP) is 3.29. The molecule has 1 saturated carbocycles. The van der Waals surface area contributed by atoms with Crippen molar-refractivity contribution in [3.05, 3.63) is 29.8 Å². The zero-order valence-electron chi connectivity index (χ0n) is 12.8. The summed E-state index contributed by atoms with van der Waals surface area (Å²) in [7, 11) is 0. The number of benzene rings is 1. The number of esters is 1. The molecule has 0 heterocycles. The number of carbonyl (C=O) groups is 2. The van der Waals surface area contributed by atoms with Gasteiger partial charge in [0.1, 0.15) is 5.75 Å². The Morgan fingerprint density at radius 2 is 1.81 bits per heavy atom. The number of ether oxygens (including phenoxy) is 1. The van der Waals surface area contributed by atoms with E-state index in [-0.39, 0.29) is 11.9 Å². The first-order chi connectivity index (χ1) is 10.1. The van der Waals surface area contributed by atoms with Crippen LogP contribution in [0.3, 0.4) is 0 Å². The van der Waals surface area contributed by atoms with E-state index in [0.29, 0.717) is 18.3 Å². The summed E-state index contributed by atoms with van der Waals surface area (Å²) in [4.78, 5) is 25.1. The molecule has 0 atom stereocenters. The Hall–Kier alpha value is -1.84. The van der Waals surface area contributed by atoms with Gasteiger partial charge in [-0.3, -0.25) is 9.59 Å². The third-order valence-corrected chi connectivity index (χ3v) is 3.99. The highest BCUT2D eigenvalue weighted by Gasteiger charge is 2.24. The lowest BCUT2D eigenvalue weighted by Crippen LogP contribution is -2.39. The van der Waals surface area contributed by atoms with Crippen LogP contribution in [0.15, 0.2) is 24.3 Å². The number of carbonyl (C=O) groups excluding carboxylic acids is 2. The molecule has 0 spiro atoms. The Kier molecular flexibility index (Phi) is 5.37. The molecule has 1 aromatic carbocycles. The minimum Gasteiger partial charge on any atom is -0.426 e. The first kappa shape index (κ1) is 15.5. The van der Waals surface area contributed by atoms with Gasteiger partial charge in [-0.25, -0.2) is 0 Å². The molecule has 114 valence electrons. The monoisotopic (exact) mass is 289 g/mol. The van der Waals surface area contributed by atoms with Crippen LogP contribution < -0.4 is 4.74 Å². The summed E-state index contributed by atoms with van der Waals surface area (Å²) < 4.78 is 5.24. The molecule has 0 aromatic heterocycles. The summed E-state index contributed by atoms with van der Waals surface area (Å²) in [5, 5.41) is 0. The fraction of sp³-hybridized carbons (Fsp3) is 0.529. The van der Waals surface area contributed by atoms with Gasteiger partial charge in [0.2, 0.25) is 5.91 Å². The fourth-order valence-electron chi connectivity index (χ4n) is 2.96. The quantitative estimate of drug-likeness (QED) is 0.631. The molecule has 0 radical (unpaired) electrons. The zero-order valence-corrected chi connectivity index (χ0v) is 12.8. The van der Waals surface area contributed by atoms with Crippen LogP contribution in [0, 0.1) is 0 Å². The molecule has 0 aliphatic heterocycles. The van der Waals surface area contributed by atoms with Gasteiger partial charge in [0.15, 0.2) is 0 Å².